The van der Waals surface area contributed by atoms with Crippen molar-refractivity contribution in [1.82, 2.24) is 15.5 Å². The molecule has 0 amide bonds. The number of H-pyrrole nitrogens is 2. The average Bonchev–Trinajstić information content (AvgIpc) is 2.54. The van der Waals surface area contributed by atoms with Crippen LogP contribution in [0.1, 0.15) is 25.5 Å². The van der Waals surface area contributed by atoms with Gasteiger partial charge in [0.1, 0.15) is 0 Å². The third-order valence-electron chi connectivity index (χ3n) is 2.84. The summed E-state index contributed by atoms with van der Waals surface area (Å²) < 4.78 is 0. The second kappa shape index (κ2) is 3.03. The van der Waals surface area contributed by atoms with Crippen molar-refractivity contribution in [2.75, 3.05) is 13.1 Å². The molecule has 1 aliphatic heterocycles. The van der Waals surface area contributed by atoms with Crippen LogP contribution in [0.2, 0.25) is 0 Å². The summed E-state index contributed by atoms with van der Waals surface area (Å²) in [6, 6.07) is 1.66. The Labute approximate surface area is 76.7 Å². The molecule has 72 valence electrons. The fourth-order valence-corrected chi connectivity index (χ4v) is 1.94. The van der Waals surface area contributed by atoms with Crippen LogP contribution in [0.5, 0.6) is 0 Å². The van der Waals surface area contributed by atoms with Crippen molar-refractivity contribution in [3.63, 3.8) is 0 Å². The highest BCUT2D eigenvalue weighted by Crippen LogP contribution is 2.27. The summed E-state index contributed by atoms with van der Waals surface area (Å²) in [6.45, 7) is 4.21. The Morgan fingerprint density at radius 2 is 2.31 bits per heavy atom. The molecule has 0 aliphatic carbocycles. The van der Waals surface area contributed by atoms with Gasteiger partial charge in [-0.2, -0.15) is 0 Å². The molecule has 1 aromatic rings. The molecule has 4 nitrogen and oxygen atoms in total. The maximum absolute atomic E-state index is 11.0. The Bertz CT molecular complexity index is 333. The van der Waals surface area contributed by atoms with Crippen molar-refractivity contribution in [2.24, 2.45) is 0 Å². The summed E-state index contributed by atoms with van der Waals surface area (Å²) in [6.07, 6.45) is 2.30. The molecule has 0 saturated carbocycles. The van der Waals surface area contributed by atoms with Crippen molar-refractivity contribution in [3.8, 4) is 0 Å². The first-order valence-electron chi connectivity index (χ1n) is 4.70. The van der Waals surface area contributed by atoms with E-state index in [1.807, 2.05) is 0 Å². The van der Waals surface area contributed by atoms with E-state index in [4.69, 9.17) is 0 Å². The Balaban J connectivity index is 2.27. The average molecular weight is 181 g/mol. The molecule has 3 N–H and O–H groups in total. The standard InChI is InChI=1S/C9H15N3O/c1-9(3-2-4-10-6-9)7-5-8(13)12-11-7/h5,10H,2-4,6H2,1H3,(H2,11,12,13)/t9-/m1/s1. The SMILES string of the molecule is C[C@@]1(c2cc(=O)[nH][nH]2)CCCNC1. The molecule has 1 aromatic heterocycles. The van der Waals surface area contributed by atoms with Gasteiger partial charge in [0.25, 0.3) is 5.56 Å². The van der Waals surface area contributed by atoms with E-state index in [0.29, 0.717) is 0 Å². The molecule has 1 fully saturated rings. The van der Waals surface area contributed by atoms with E-state index >= 15 is 0 Å². The zero-order valence-corrected chi connectivity index (χ0v) is 7.81. The normalized spacial score (nSPS) is 29.0. The molecule has 4 heteroatoms. The van der Waals surface area contributed by atoms with E-state index < -0.39 is 0 Å². The second-order valence-corrected chi connectivity index (χ2v) is 4.01. The van der Waals surface area contributed by atoms with Crippen molar-refractivity contribution in [3.05, 3.63) is 22.1 Å². The van der Waals surface area contributed by atoms with Gasteiger partial charge in [-0.1, -0.05) is 6.92 Å². The molecule has 1 atom stereocenters. The number of aromatic amines is 2. The molecule has 0 unspecified atom stereocenters. The lowest BCUT2D eigenvalue weighted by molar-refractivity contribution is 0.331. The van der Waals surface area contributed by atoms with Gasteiger partial charge in [-0.25, -0.2) is 0 Å². The van der Waals surface area contributed by atoms with E-state index in [1.54, 1.807) is 6.07 Å². The largest absolute Gasteiger partial charge is 0.316 e. The lowest BCUT2D eigenvalue weighted by Crippen LogP contribution is -2.41. The minimum absolute atomic E-state index is 0.0400. The fraction of sp³-hybridized carbons (Fsp3) is 0.667. The van der Waals surface area contributed by atoms with Gasteiger partial charge in [-0.15, -0.1) is 0 Å². The molecule has 0 aromatic carbocycles. The van der Waals surface area contributed by atoms with Gasteiger partial charge in [-0.05, 0) is 19.4 Å². The van der Waals surface area contributed by atoms with E-state index in [-0.39, 0.29) is 11.0 Å². The van der Waals surface area contributed by atoms with Gasteiger partial charge in [0.2, 0.25) is 0 Å². The van der Waals surface area contributed by atoms with E-state index in [2.05, 4.69) is 22.4 Å². The van der Waals surface area contributed by atoms with Gasteiger partial charge < -0.3 is 10.4 Å². The van der Waals surface area contributed by atoms with Crippen LogP contribution in [-0.2, 0) is 5.41 Å². The Morgan fingerprint density at radius 1 is 1.46 bits per heavy atom. The van der Waals surface area contributed by atoms with Crippen LogP contribution in [-0.4, -0.2) is 23.3 Å². The molecule has 13 heavy (non-hydrogen) atoms. The number of rotatable bonds is 1. The van der Waals surface area contributed by atoms with E-state index in [9.17, 15) is 4.79 Å². The highest BCUT2D eigenvalue weighted by Gasteiger charge is 2.30. The Morgan fingerprint density at radius 3 is 2.85 bits per heavy atom. The van der Waals surface area contributed by atoms with Crippen LogP contribution < -0.4 is 10.9 Å². The summed E-state index contributed by atoms with van der Waals surface area (Å²) in [5.74, 6) is 0. The first kappa shape index (κ1) is 8.56. The minimum atomic E-state index is -0.0400. The first-order valence-corrected chi connectivity index (χ1v) is 4.70. The van der Waals surface area contributed by atoms with Gasteiger partial charge >= 0.3 is 0 Å². The molecule has 0 bridgehead atoms. The molecule has 2 rings (SSSR count). The maximum atomic E-state index is 11.0. The molecule has 0 spiro atoms. The molecule has 0 radical (unpaired) electrons. The fourth-order valence-electron chi connectivity index (χ4n) is 1.94. The van der Waals surface area contributed by atoms with Crippen molar-refractivity contribution < 1.29 is 0 Å². The third-order valence-corrected chi connectivity index (χ3v) is 2.84. The smallest absolute Gasteiger partial charge is 0.264 e. The van der Waals surface area contributed by atoms with Crippen LogP contribution in [0.3, 0.4) is 0 Å². The Hall–Kier alpha value is -1.03. The monoisotopic (exact) mass is 181 g/mol. The zero-order valence-electron chi connectivity index (χ0n) is 7.81. The lowest BCUT2D eigenvalue weighted by atomic mass is 9.80. The summed E-state index contributed by atoms with van der Waals surface area (Å²) in [7, 11) is 0. The highest BCUT2D eigenvalue weighted by molar-refractivity contribution is 5.15. The van der Waals surface area contributed by atoms with Crippen molar-refractivity contribution in [1.29, 1.82) is 0 Å². The minimum Gasteiger partial charge on any atom is -0.316 e. The molecule has 2 heterocycles. The zero-order chi connectivity index (χ0) is 9.31. The third kappa shape index (κ3) is 1.54. The van der Waals surface area contributed by atoms with Gasteiger partial charge in [0, 0.05) is 23.7 Å². The van der Waals surface area contributed by atoms with Crippen LogP contribution in [0.25, 0.3) is 0 Å². The Kier molecular flexibility index (Phi) is 2.00. The van der Waals surface area contributed by atoms with Gasteiger partial charge in [0.05, 0.1) is 0 Å². The van der Waals surface area contributed by atoms with Crippen LogP contribution in [0.4, 0.5) is 0 Å². The highest BCUT2D eigenvalue weighted by atomic mass is 16.1. The number of aromatic nitrogens is 2. The summed E-state index contributed by atoms with van der Waals surface area (Å²) in [5, 5.41) is 8.87. The molecule has 1 saturated heterocycles. The predicted molar refractivity (Wildman–Crippen MR) is 50.9 cm³/mol. The van der Waals surface area contributed by atoms with Crippen molar-refractivity contribution in [2.45, 2.75) is 25.2 Å². The van der Waals surface area contributed by atoms with Crippen LogP contribution in [0.15, 0.2) is 10.9 Å². The van der Waals surface area contributed by atoms with Crippen LogP contribution in [0, 0.1) is 0 Å². The molecular formula is C9H15N3O. The van der Waals surface area contributed by atoms with E-state index in [1.165, 1.54) is 6.42 Å². The van der Waals surface area contributed by atoms with Gasteiger partial charge in [0.15, 0.2) is 0 Å². The predicted octanol–water partition coefficient (Wildman–Crippen LogP) is 0.344. The quantitative estimate of drug-likeness (QED) is 0.585. The topological polar surface area (TPSA) is 60.7 Å². The van der Waals surface area contributed by atoms with E-state index in [0.717, 1.165) is 25.2 Å². The summed E-state index contributed by atoms with van der Waals surface area (Å²) >= 11 is 0. The molecule has 1 aliphatic rings. The number of hydrogen-bond donors (Lipinski definition) is 3. The summed E-state index contributed by atoms with van der Waals surface area (Å²) in [4.78, 5) is 11.0. The van der Waals surface area contributed by atoms with Gasteiger partial charge in [-0.3, -0.25) is 9.89 Å². The number of hydrogen-bond acceptors (Lipinski definition) is 2. The molecular weight excluding hydrogens is 166 g/mol. The summed E-state index contributed by atoms with van der Waals surface area (Å²) in [5.41, 5.74) is 1.07. The second-order valence-electron chi connectivity index (χ2n) is 4.01. The number of nitrogens with one attached hydrogen (secondary N) is 3. The maximum Gasteiger partial charge on any atom is 0.264 e. The number of piperidine rings is 1. The van der Waals surface area contributed by atoms with Crippen LogP contribution >= 0.6 is 0 Å². The lowest BCUT2D eigenvalue weighted by Gasteiger charge is -2.32. The van der Waals surface area contributed by atoms with Crippen molar-refractivity contribution >= 4 is 0 Å². The first-order chi connectivity index (χ1) is 6.21.